The fraction of sp³-hybridized carbons (Fsp3) is 0.333. The first-order valence-electron chi connectivity index (χ1n) is 8.97. The van der Waals surface area contributed by atoms with Gasteiger partial charge in [-0.05, 0) is 62.8 Å². The van der Waals surface area contributed by atoms with Crippen molar-refractivity contribution in [3.05, 3.63) is 65.5 Å². The molecule has 0 fully saturated rings. The van der Waals surface area contributed by atoms with E-state index in [1.807, 2.05) is 37.3 Å². The Morgan fingerprint density at radius 1 is 1.16 bits per heavy atom. The minimum absolute atomic E-state index is 0.187. The van der Waals surface area contributed by atoms with Gasteiger partial charge in [-0.2, -0.15) is 0 Å². The number of allylic oxidation sites excluding steroid dienone is 1. The maximum absolute atomic E-state index is 12.3. The zero-order valence-corrected chi connectivity index (χ0v) is 14.7. The van der Waals surface area contributed by atoms with Crippen LogP contribution in [0.15, 0.2) is 54.2 Å². The van der Waals surface area contributed by atoms with Gasteiger partial charge in [-0.25, -0.2) is 4.98 Å². The summed E-state index contributed by atoms with van der Waals surface area (Å²) < 4.78 is 0. The van der Waals surface area contributed by atoms with Gasteiger partial charge in [0, 0.05) is 12.2 Å². The molecule has 0 atom stereocenters. The molecule has 0 radical (unpaired) electrons. The molecule has 4 nitrogen and oxygen atoms in total. The molecule has 0 unspecified atom stereocenters. The van der Waals surface area contributed by atoms with Crippen molar-refractivity contribution >= 4 is 17.3 Å². The number of hydrogen-bond acceptors (Lipinski definition) is 3. The molecule has 1 amide bonds. The average molecular weight is 335 g/mol. The Labute approximate surface area is 149 Å². The second-order valence-corrected chi connectivity index (χ2v) is 6.49. The predicted molar refractivity (Wildman–Crippen MR) is 103 cm³/mol. The average Bonchev–Trinajstić information content (AvgIpc) is 2.65. The van der Waals surface area contributed by atoms with E-state index >= 15 is 0 Å². The molecule has 130 valence electrons. The summed E-state index contributed by atoms with van der Waals surface area (Å²) in [6.45, 7) is 2.88. The van der Waals surface area contributed by atoms with Crippen molar-refractivity contribution in [3.63, 3.8) is 0 Å². The molecule has 0 aliphatic heterocycles. The van der Waals surface area contributed by atoms with Crippen LogP contribution in [0.2, 0.25) is 0 Å². The summed E-state index contributed by atoms with van der Waals surface area (Å²) in [5, 5.41) is 6.28. The van der Waals surface area contributed by atoms with Gasteiger partial charge in [-0.3, -0.25) is 4.79 Å². The summed E-state index contributed by atoms with van der Waals surface area (Å²) in [6, 6.07) is 11.4. The van der Waals surface area contributed by atoms with Crippen molar-refractivity contribution in [1.29, 1.82) is 0 Å². The van der Waals surface area contributed by atoms with Crippen molar-refractivity contribution in [1.82, 2.24) is 4.98 Å². The normalized spacial score (nSPS) is 13.9. The highest BCUT2D eigenvalue weighted by molar-refractivity contribution is 6.03. The number of aromatic nitrogens is 1. The number of para-hydroxylation sites is 1. The smallest absolute Gasteiger partial charge is 0.274 e. The van der Waals surface area contributed by atoms with Crippen LogP contribution >= 0.6 is 0 Å². The number of nitrogens with one attached hydrogen (secondary N) is 2. The Bertz CT molecular complexity index is 750. The van der Waals surface area contributed by atoms with Gasteiger partial charge in [0.05, 0.1) is 11.9 Å². The van der Waals surface area contributed by atoms with Gasteiger partial charge in [0.1, 0.15) is 5.69 Å². The number of carbonyl (C=O) groups excluding carboxylic acids is 1. The SMILES string of the molecule is Cc1ccccc1NC(=O)c1ccc(NCCC2=CCCCC2)cn1. The van der Waals surface area contributed by atoms with Gasteiger partial charge in [-0.15, -0.1) is 0 Å². The lowest BCUT2D eigenvalue weighted by Gasteiger charge is -2.13. The topological polar surface area (TPSA) is 54.0 Å². The molecule has 1 heterocycles. The van der Waals surface area contributed by atoms with Gasteiger partial charge < -0.3 is 10.6 Å². The summed E-state index contributed by atoms with van der Waals surface area (Å²) in [7, 11) is 0. The summed E-state index contributed by atoms with van der Waals surface area (Å²) >= 11 is 0. The Hall–Kier alpha value is -2.62. The van der Waals surface area contributed by atoms with E-state index in [1.54, 1.807) is 17.8 Å². The Morgan fingerprint density at radius 3 is 2.76 bits per heavy atom. The number of rotatable bonds is 6. The molecule has 25 heavy (non-hydrogen) atoms. The highest BCUT2D eigenvalue weighted by Crippen LogP contribution is 2.20. The number of amides is 1. The molecule has 1 aromatic carbocycles. The lowest BCUT2D eigenvalue weighted by Crippen LogP contribution is -2.14. The molecule has 0 spiro atoms. The first kappa shape index (κ1) is 17.2. The highest BCUT2D eigenvalue weighted by atomic mass is 16.1. The lowest BCUT2D eigenvalue weighted by molar-refractivity contribution is 0.102. The maximum atomic E-state index is 12.3. The molecule has 0 saturated carbocycles. The van der Waals surface area contributed by atoms with E-state index in [2.05, 4.69) is 21.7 Å². The summed E-state index contributed by atoms with van der Waals surface area (Å²) in [5.41, 5.74) is 4.77. The number of nitrogens with zero attached hydrogens (tertiary/aromatic N) is 1. The number of benzene rings is 1. The van der Waals surface area contributed by atoms with Crippen LogP contribution in [0.3, 0.4) is 0 Å². The highest BCUT2D eigenvalue weighted by Gasteiger charge is 2.09. The van der Waals surface area contributed by atoms with E-state index in [9.17, 15) is 4.79 Å². The minimum Gasteiger partial charge on any atom is -0.383 e. The number of pyridine rings is 1. The van der Waals surface area contributed by atoms with Gasteiger partial charge >= 0.3 is 0 Å². The molecule has 1 aromatic heterocycles. The van der Waals surface area contributed by atoms with E-state index < -0.39 is 0 Å². The number of anilines is 2. The minimum atomic E-state index is -0.187. The number of carbonyl (C=O) groups is 1. The lowest BCUT2D eigenvalue weighted by atomic mass is 9.97. The van der Waals surface area contributed by atoms with Gasteiger partial charge in [0.2, 0.25) is 0 Å². The Balaban J connectivity index is 1.52. The number of hydrogen-bond donors (Lipinski definition) is 2. The second-order valence-electron chi connectivity index (χ2n) is 6.49. The third-order valence-electron chi connectivity index (χ3n) is 4.55. The van der Waals surface area contributed by atoms with E-state index in [-0.39, 0.29) is 5.91 Å². The van der Waals surface area contributed by atoms with Crippen molar-refractivity contribution in [2.75, 3.05) is 17.2 Å². The van der Waals surface area contributed by atoms with Gasteiger partial charge in [-0.1, -0.05) is 29.8 Å². The van der Waals surface area contributed by atoms with E-state index in [0.717, 1.165) is 29.9 Å². The van der Waals surface area contributed by atoms with E-state index in [1.165, 1.54) is 25.7 Å². The zero-order chi connectivity index (χ0) is 17.5. The summed E-state index contributed by atoms with van der Waals surface area (Å²) in [4.78, 5) is 16.6. The van der Waals surface area contributed by atoms with Crippen LogP contribution in [0.4, 0.5) is 11.4 Å². The van der Waals surface area contributed by atoms with Crippen LogP contribution in [0.5, 0.6) is 0 Å². The molecule has 1 aliphatic carbocycles. The zero-order valence-electron chi connectivity index (χ0n) is 14.7. The molecule has 4 heteroatoms. The monoisotopic (exact) mass is 335 g/mol. The van der Waals surface area contributed by atoms with Crippen LogP contribution in [0, 0.1) is 6.92 Å². The summed E-state index contributed by atoms with van der Waals surface area (Å²) in [6.07, 6.45) is 10.3. The largest absolute Gasteiger partial charge is 0.383 e. The molecule has 3 rings (SSSR count). The summed E-state index contributed by atoms with van der Waals surface area (Å²) in [5.74, 6) is -0.187. The molecule has 2 aromatic rings. The molecular formula is C21H25N3O. The van der Waals surface area contributed by atoms with Crippen molar-refractivity contribution < 1.29 is 4.79 Å². The van der Waals surface area contributed by atoms with Gasteiger partial charge in [0.25, 0.3) is 5.91 Å². The first-order valence-corrected chi connectivity index (χ1v) is 8.97. The molecule has 1 aliphatic rings. The maximum Gasteiger partial charge on any atom is 0.274 e. The quantitative estimate of drug-likeness (QED) is 0.735. The Kier molecular flexibility index (Phi) is 5.83. The van der Waals surface area contributed by atoms with Crippen LogP contribution in [0.25, 0.3) is 0 Å². The molecule has 2 N–H and O–H groups in total. The van der Waals surface area contributed by atoms with Crippen LogP contribution < -0.4 is 10.6 Å². The second kappa shape index (κ2) is 8.47. The Morgan fingerprint density at radius 2 is 2.04 bits per heavy atom. The fourth-order valence-corrected chi connectivity index (χ4v) is 3.03. The van der Waals surface area contributed by atoms with E-state index in [0.29, 0.717) is 5.69 Å². The van der Waals surface area contributed by atoms with Crippen molar-refractivity contribution in [3.8, 4) is 0 Å². The van der Waals surface area contributed by atoms with Crippen LogP contribution in [0.1, 0.15) is 48.2 Å². The molecular weight excluding hydrogens is 310 g/mol. The third-order valence-corrected chi connectivity index (χ3v) is 4.55. The van der Waals surface area contributed by atoms with Crippen molar-refractivity contribution in [2.24, 2.45) is 0 Å². The van der Waals surface area contributed by atoms with E-state index in [4.69, 9.17) is 0 Å². The standard InChI is InChI=1S/C21H25N3O/c1-16-7-5-6-10-19(16)24-21(25)20-12-11-18(15-23-20)22-14-13-17-8-3-2-4-9-17/h5-8,10-12,15,22H,2-4,9,13-14H2,1H3,(H,24,25). The van der Waals surface area contributed by atoms with Crippen LogP contribution in [-0.4, -0.2) is 17.4 Å². The third kappa shape index (κ3) is 4.92. The first-order chi connectivity index (χ1) is 12.2. The van der Waals surface area contributed by atoms with Crippen LogP contribution in [-0.2, 0) is 0 Å². The predicted octanol–water partition coefficient (Wildman–Crippen LogP) is 4.94. The number of aryl methyl sites for hydroxylation is 1. The fourth-order valence-electron chi connectivity index (χ4n) is 3.03. The molecule has 0 saturated heterocycles. The molecule has 0 bridgehead atoms. The van der Waals surface area contributed by atoms with Gasteiger partial charge in [0.15, 0.2) is 0 Å². The van der Waals surface area contributed by atoms with Crippen molar-refractivity contribution in [2.45, 2.75) is 39.0 Å².